The van der Waals surface area contributed by atoms with Crippen LogP contribution in [-0.2, 0) is 11.0 Å². The van der Waals surface area contributed by atoms with Crippen LogP contribution in [-0.4, -0.2) is 36.2 Å². The molecule has 1 amide bonds. The van der Waals surface area contributed by atoms with E-state index in [1.165, 1.54) is 6.07 Å². The first kappa shape index (κ1) is 21.9. The maximum atomic E-state index is 13.0. The first-order valence-electron chi connectivity index (χ1n) is 9.12. The monoisotopic (exact) mass is 478 g/mol. The lowest BCUT2D eigenvalue weighted by molar-refractivity contribution is -0.137. The van der Waals surface area contributed by atoms with E-state index in [-0.39, 0.29) is 11.4 Å². The highest BCUT2D eigenvalue weighted by Gasteiger charge is 2.33. The SMILES string of the molecule is O=C(CSc1nnc(-c2cccnc2)n1-n1cccc1)Nc1ccc(Cl)c(C(F)(F)F)c1. The van der Waals surface area contributed by atoms with Crippen molar-refractivity contribution in [3.05, 3.63) is 77.8 Å². The number of rotatable bonds is 6. The molecule has 4 rings (SSSR count). The number of hydrogen-bond acceptors (Lipinski definition) is 5. The number of amides is 1. The molecule has 7 nitrogen and oxygen atoms in total. The van der Waals surface area contributed by atoms with Gasteiger partial charge in [-0.25, -0.2) is 4.68 Å². The fraction of sp³-hybridized carbons (Fsp3) is 0.100. The molecule has 12 heteroatoms. The molecule has 0 aliphatic heterocycles. The maximum absolute atomic E-state index is 13.0. The first-order valence-corrected chi connectivity index (χ1v) is 10.5. The molecule has 3 aromatic heterocycles. The summed E-state index contributed by atoms with van der Waals surface area (Å²) in [6.45, 7) is 0. The topological polar surface area (TPSA) is 77.6 Å². The van der Waals surface area contributed by atoms with Crippen LogP contribution in [0.25, 0.3) is 11.4 Å². The number of benzene rings is 1. The van der Waals surface area contributed by atoms with Crippen LogP contribution >= 0.6 is 23.4 Å². The van der Waals surface area contributed by atoms with Gasteiger partial charge in [-0.2, -0.15) is 13.2 Å². The Bertz CT molecular complexity index is 1230. The minimum atomic E-state index is -4.62. The third-order valence-corrected chi connectivity index (χ3v) is 5.49. The van der Waals surface area contributed by atoms with Crippen LogP contribution in [0.4, 0.5) is 18.9 Å². The highest BCUT2D eigenvalue weighted by atomic mass is 35.5. The quantitative estimate of drug-likeness (QED) is 0.401. The average Bonchev–Trinajstić information content (AvgIpc) is 3.43. The van der Waals surface area contributed by atoms with E-state index in [2.05, 4.69) is 20.5 Å². The molecule has 0 unspecified atom stereocenters. The summed E-state index contributed by atoms with van der Waals surface area (Å²) >= 11 is 6.70. The van der Waals surface area contributed by atoms with Crippen molar-refractivity contribution in [2.45, 2.75) is 11.3 Å². The smallest absolute Gasteiger partial charge is 0.325 e. The molecule has 0 saturated carbocycles. The lowest BCUT2D eigenvalue weighted by Crippen LogP contribution is -2.16. The van der Waals surface area contributed by atoms with Crippen molar-refractivity contribution in [2.24, 2.45) is 0 Å². The van der Waals surface area contributed by atoms with E-state index in [1.54, 1.807) is 40.2 Å². The van der Waals surface area contributed by atoms with Gasteiger partial charge in [0.05, 0.1) is 16.3 Å². The Morgan fingerprint density at radius 2 is 1.91 bits per heavy atom. The van der Waals surface area contributed by atoms with Gasteiger partial charge in [0.25, 0.3) is 0 Å². The molecule has 0 bridgehead atoms. The molecular formula is C20H14ClF3N6OS. The highest BCUT2D eigenvalue weighted by molar-refractivity contribution is 7.99. The molecule has 3 heterocycles. The lowest BCUT2D eigenvalue weighted by atomic mass is 10.2. The highest BCUT2D eigenvalue weighted by Crippen LogP contribution is 2.36. The van der Waals surface area contributed by atoms with Gasteiger partial charge >= 0.3 is 6.18 Å². The Morgan fingerprint density at radius 3 is 2.59 bits per heavy atom. The fourth-order valence-electron chi connectivity index (χ4n) is 2.84. The fourth-order valence-corrected chi connectivity index (χ4v) is 3.80. The number of carbonyl (C=O) groups is 1. The summed E-state index contributed by atoms with van der Waals surface area (Å²) in [6, 6.07) is 10.5. The normalized spacial score (nSPS) is 11.5. The van der Waals surface area contributed by atoms with Crippen LogP contribution in [0.2, 0.25) is 5.02 Å². The number of thioether (sulfide) groups is 1. The van der Waals surface area contributed by atoms with Crippen molar-refractivity contribution >= 4 is 35.0 Å². The molecule has 0 spiro atoms. The van der Waals surface area contributed by atoms with Crippen molar-refractivity contribution < 1.29 is 18.0 Å². The second kappa shape index (κ2) is 9.05. The average molecular weight is 479 g/mol. The van der Waals surface area contributed by atoms with Crippen molar-refractivity contribution in [2.75, 3.05) is 11.1 Å². The zero-order chi connectivity index (χ0) is 22.7. The van der Waals surface area contributed by atoms with Crippen LogP contribution < -0.4 is 5.32 Å². The predicted molar refractivity (Wildman–Crippen MR) is 114 cm³/mol. The van der Waals surface area contributed by atoms with Gasteiger partial charge in [-0.05, 0) is 42.5 Å². The Hall–Kier alpha value is -3.31. The van der Waals surface area contributed by atoms with Gasteiger partial charge in [0.1, 0.15) is 0 Å². The number of nitrogens with one attached hydrogen (secondary N) is 1. The van der Waals surface area contributed by atoms with Crippen molar-refractivity contribution in [3.8, 4) is 11.4 Å². The number of carbonyl (C=O) groups excluding carboxylic acids is 1. The van der Waals surface area contributed by atoms with Crippen LogP contribution in [0.15, 0.2) is 72.4 Å². The zero-order valence-electron chi connectivity index (χ0n) is 16.1. The van der Waals surface area contributed by atoms with Gasteiger partial charge in [0.15, 0.2) is 5.82 Å². The van der Waals surface area contributed by atoms with Crippen LogP contribution in [0.3, 0.4) is 0 Å². The van der Waals surface area contributed by atoms with Gasteiger partial charge in [0, 0.05) is 36.0 Å². The van der Waals surface area contributed by atoms with E-state index in [0.717, 1.165) is 29.5 Å². The molecule has 32 heavy (non-hydrogen) atoms. The molecule has 0 saturated heterocycles. The maximum Gasteiger partial charge on any atom is 0.417 e. The summed E-state index contributed by atoms with van der Waals surface area (Å²) < 4.78 is 42.5. The molecule has 4 aromatic rings. The van der Waals surface area contributed by atoms with E-state index in [0.29, 0.717) is 11.0 Å². The Balaban J connectivity index is 1.52. The Labute approximate surface area is 189 Å². The summed E-state index contributed by atoms with van der Waals surface area (Å²) in [6.07, 6.45) is 2.24. The van der Waals surface area contributed by atoms with Gasteiger partial charge in [-0.3, -0.25) is 14.5 Å². The van der Waals surface area contributed by atoms with E-state index in [4.69, 9.17) is 11.6 Å². The summed E-state index contributed by atoms with van der Waals surface area (Å²) in [5.41, 5.74) is -0.292. The second-order valence-electron chi connectivity index (χ2n) is 6.45. The third kappa shape index (κ3) is 4.78. The molecule has 1 aromatic carbocycles. The zero-order valence-corrected chi connectivity index (χ0v) is 17.7. The number of hydrogen-bond donors (Lipinski definition) is 1. The van der Waals surface area contributed by atoms with E-state index < -0.39 is 22.7 Å². The molecule has 0 atom stereocenters. The van der Waals surface area contributed by atoms with Crippen LogP contribution in [0, 0.1) is 0 Å². The number of halogens is 4. The summed E-state index contributed by atoms with van der Waals surface area (Å²) in [4.78, 5) is 16.5. The Kier molecular flexibility index (Phi) is 6.19. The minimum absolute atomic E-state index is 0.00440. The predicted octanol–water partition coefficient (Wildman–Crippen LogP) is 4.86. The molecule has 0 aliphatic carbocycles. The minimum Gasteiger partial charge on any atom is -0.325 e. The van der Waals surface area contributed by atoms with Crippen LogP contribution in [0.5, 0.6) is 0 Å². The van der Waals surface area contributed by atoms with Gasteiger partial charge < -0.3 is 5.32 Å². The first-order chi connectivity index (χ1) is 15.3. The van der Waals surface area contributed by atoms with E-state index in [1.807, 2.05) is 18.2 Å². The molecular weight excluding hydrogens is 465 g/mol. The van der Waals surface area contributed by atoms with Crippen molar-refractivity contribution in [3.63, 3.8) is 0 Å². The van der Waals surface area contributed by atoms with Crippen molar-refractivity contribution in [1.29, 1.82) is 0 Å². The summed E-state index contributed by atoms with van der Waals surface area (Å²) in [5, 5.41) is 10.8. The summed E-state index contributed by atoms with van der Waals surface area (Å²) in [5.74, 6) is -0.0867. The molecule has 0 fully saturated rings. The van der Waals surface area contributed by atoms with Gasteiger partial charge in [0.2, 0.25) is 11.1 Å². The molecule has 164 valence electrons. The number of alkyl halides is 3. The third-order valence-electron chi connectivity index (χ3n) is 4.24. The molecule has 0 radical (unpaired) electrons. The molecule has 0 aliphatic rings. The van der Waals surface area contributed by atoms with Crippen molar-refractivity contribution in [1.82, 2.24) is 24.5 Å². The number of pyridine rings is 1. The number of nitrogens with zero attached hydrogens (tertiary/aromatic N) is 5. The van der Waals surface area contributed by atoms with E-state index in [9.17, 15) is 18.0 Å². The largest absolute Gasteiger partial charge is 0.417 e. The second-order valence-corrected chi connectivity index (χ2v) is 7.80. The Morgan fingerprint density at radius 1 is 1.12 bits per heavy atom. The lowest BCUT2D eigenvalue weighted by Gasteiger charge is -2.12. The number of anilines is 1. The van der Waals surface area contributed by atoms with Gasteiger partial charge in [-0.1, -0.05) is 23.4 Å². The number of aromatic nitrogens is 5. The molecule has 1 N–H and O–H groups in total. The van der Waals surface area contributed by atoms with Crippen LogP contribution in [0.1, 0.15) is 5.56 Å². The summed E-state index contributed by atoms with van der Waals surface area (Å²) in [7, 11) is 0. The van der Waals surface area contributed by atoms with Gasteiger partial charge in [-0.15, -0.1) is 10.2 Å². The van der Waals surface area contributed by atoms with E-state index >= 15 is 0 Å². The standard InChI is InChI=1S/C20H14ClF3N6OS/c21-16-6-5-14(10-15(16)20(22,23)24)26-17(31)12-32-19-28-27-18(13-4-3-7-25-11-13)30(19)29-8-1-2-9-29/h1-11H,12H2,(H,26,31).